The quantitative estimate of drug-likeness (QED) is 0.527. The molecule has 1 aromatic heterocycles. The van der Waals surface area contributed by atoms with Gasteiger partial charge in [-0.3, -0.25) is 0 Å². The number of alkyl halides is 1. The zero-order chi connectivity index (χ0) is 12.1. The maximum atomic E-state index is 9.07. The van der Waals surface area contributed by atoms with Crippen molar-refractivity contribution in [1.29, 1.82) is 0 Å². The molecule has 7 heteroatoms. The van der Waals surface area contributed by atoms with Crippen LogP contribution in [0.3, 0.4) is 0 Å². The van der Waals surface area contributed by atoms with Crippen LogP contribution in [0.25, 0.3) is 5.70 Å². The third kappa shape index (κ3) is 2.18. The topological polar surface area (TPSA) is 87.8 Å². The minimum Gasteiger partial charge on any atom is -0.386 e. The highest BCUT2D eigenvalue weighted by molar-refractivity contribution is 6.21. The molecule has 1 unspecified atom stereocenters. The zero-order valence-electron chi connectivity index (χ0n) is 9.49. The number of allylic oxidation sites excluding steroid dienone is 1. The Hall–Kier alpha value is -1.11. The lowest BCUT2D eigenvalue weighted by Gasteiger charge is -2.16. The van der Waals surface area contributed by atoms with Gasteiger partial charge >= 0.3 is 0 Å². The van der Waals surface area contributed by atoms with Gasteiger partial charge in [-0.05, 0) is 5.16 Å². The average Bonchev–Trinajstić information content (AvgIpc) is 2.81. The number of hydrogen-bond acceptors (Lipinski definition) is 5. The molecule has 1 heterocycles. The van der Waals surface area contributed by atoms with Crippen molar-refractivity contribution >= 4 is 17.3 Å². The van der Waals surface area contributed by atoms with E-state index in [2.05, 4.69) is 20.3 Å². The average molecular weight is 248 g/mol. The Morgan fingerprint density at radius 2 is 2.19 bits per heavy atom. The highest BCUT2D eigenvalue weighted by atomic mass is 35.5. The first kappa shape index (κ1) is 13.0. The van der Waals surface area contributed by atoms with Gasteiger partial charge < -0.3 is 5.32 Å². The van der Waals surface area contributed by atoms with Crippen LogP contribution in [0, 0.1) is 0 Å². The highest BCUT2D eigenvalue weighted by Crippen LogP contribution is 2.35. The van der Waals surface area contributed by atoms with Gasteiger partial charge in [-0.2, -0.15) is 5.48 Å². The van der Waals surface area contributed by atoms with Gasteiger partial charge in [0.15, 0.2) is 5.69 Å². The molecule has 0 radical (unpaired) electrons. The third-order valence-electron chi connectivity index (χ3n) is 2.21. The second kappa shape index (κ2) is 5.83. The smallest absolute Gasteiger partial charge is 0.212 e. The van der Waals surface area contributed by atoms with Gasteiger partial charge in [-0.15, -0.1) is 11.6 Å². The lowest BCUT2D eigenvalue weighted by molar-refractivity contribution is -0.820. The molecule has 4 N–H and O–H groups in total. The Morgan fingerprint density at radius 3 is 2.75 bits per heavy atom. The van der Waals surface area contributed by atoms with E-state index >= 15 is 0 Å². The van der Waals surface area contributed by atoms with Crippen LogP contribution in [0.2, 0.25) is 0 Å². The predicted octanol–water partition coefficient (Wildman–Crippen LogP) is 0.620. The van der Waals surface area contributed by atoms with Crippen molar-refractivity contribution in [3.05, 3.63) is 17.1 Å². The van der Waals surface area contributed by atoms with E-state index in [0.717, 1.165) is 11.2 Å². The number of halogens is 1. The molecule has 0 bridgehead atoms. The molecule has 0 spiro atoms. The Morgan fingerprint density at radius 1 is 1.50 bits per heavy atom. The summed E-state index contributed by atoms with van der Waals surface area (Å²) in [7, 11) is 1.76. The van der Waals surface area contributed by atoms with E-state index in [1.807, 2.05) is 13.8 Å². The summed E-state index contributed by atoms with van der Waals surface area (Å²) in [6.45, 7) is 4.00. The standard InChI is InChI=1S/C7H9ClN4O2.C2H6/c1-9-4-2-3(8)5-7(6(4)10-13)12-14-11-5;1-2/h3,9-10,13H,2H2,1H3;1-2H3/p+1. The fourth-order valence-electron chi connectivity index (χ4n) is 1.49. The summed E-state index contributed by atoms with van der Waals surface area (Å²) in [5.74, 6) is 0. The van der Waals surface area contributed by atoms with E-state index in [1.165, 1.54) is 0 Å². The Bertz CT molecular complexity index is 377. The summed E-state index contributed by atoms with van der Waals surface area (Å²) < 4.78 is 4.59. The number of hydroxylamine groups is 1. The molecule has 1 aliphatic carbocycles. The first-order valence-corrected chi connectivity index (χ1v) is 5.56. The second-order valence-corrected chi connectivity index (χ2v) is 3.47. The summed E-state index contributed by atoms with van der Waals surface area (Å²) >= 11 is 6.05. The Kier molecular flexibility index (Phi) is 4.72. The van der Waals surface area contributed by atoms with E-state index in [9.17, 15) is 0 Å². The van der Waals surface area contributed by atoms with Crippen molar-refractivity contribution in [3.63, 3.8) is 0 Å². The molecule has 16 heavy (non-hydrogen) atoms. The number of rotatable bonds is 2. The van der Waals surface area contributed by atoms with Gasteiger partial charge in [0.25, 0.3) is 0 Å². The van der Waals surface area contributed by atoms with Crippen LogP contribution in [0.5, 0.6) is 0 Å². The molecular weight excluding hydrogens is 232 g/mol. The van der Waals surface area contributed by atoms with Gasteiger partial charge in [-0.25, -0.2) is 9.84 Å². The fraction of sp³-hybridized carbons (Fsp3) is 0.556. The number of nitrogens with one attached hydrogen (secondary N) is 1. The number of aromatic nitrogens is 2. The molecule has 0 fully saturated rings. The molecule has 0 aromatic carbocycles. The van der Waals surface area contributed by atoms with Gasteiger partial charge in [-0.1, -0.05) is 19.0 Å². The molecule has 90 valence electrons. The number of nitrogens with zero attached hydrogens (tertiary/aromatic N) is 2. The monoisotopic (exact) mass is 247 g/mol. The van der Waals surface area contributed by atoms with Gasteiger partial charge in [0, 0.05) is 13.5 Å². The summed E-state index contributed by atoms with van der Waals surface area (Å²) in [5, 5.41) is 19.2. The molecule has 1 atom stereocenters. The van der Waals surface area contributed by atoms with Crippen molar-refractivity contribution in [2.75, 3.05) is 7.05 Å². The van der Waals surface area contributed by atoms with Crippen LogP contribution in [-0.2, 0) is 0 Å². The largest absolute Gasteiger partial charge is 0.386 e. The fourth-order valence-corrected chi connectivity index (χ4v) is 1.79. The summed E-state index contributed by atoms with van der Waals surface area (Å²) in [4.78, 5) is 0. The SMILES string of the molecule is CC.CNC1=C([NH2+]O)c2nonc2C(Cl)C1. The maximum absolute atomic E-state index is 9.07. The summed E-state index contributed by atoms with van der Waals surface area (Å²) in [6.07, 6.45) is 0.575. The van der Waals surface area contributed by atoms with E-state index in [-0.39, 0.29) is 5.38 Å². The van der Waals surface area contributed by atoms with Crippen molar-refractivity contribution in [3.8, 4) is 0 Å². The van der Waals surface area contributed by atoms with Crippen molar-refractivity contribution in [2.45, 2.75) is 25.6 Å². The summed E-state index contributed by atoms with van der Waals surface area (Å²) in [5.41, 5.74) is 3.47. The number of quaternary nitrogens is 1. The van der Waals surface area contributed by atoms with Gasteiger partial charge in [0.2, 0.25) is 5.70 Å². The molecule has 0 saturated carbocycles. The van der Waals surface area contributed by atoms with Crippen molar-refractivity contribution in [1.82, 2.24) is 15.6 Å². The first-order valence-electron chi connectivity index (χ1n) is 5.13. The molecular formula is C9H16ClN4O2+. The minimum atomic E-state index is -0.262. The van der Waals surface area contributed by atoms with Gasteiger partial charge in [0.1, 0.15) is 5.69 Å². The lowest BCUT2D eigenvalue weighted by atomic mass is 10.0. The minimum absolute atomic E-state index is 0.262. The number of hydrogen-bond donors (Lipinski definition) is 3. The molecule has 0 saturated heterocycles. The Balaban J connectivity index is 0.000000606. The predicted molar refractivity (Wildman–Crippen MR) is 58.5 cm³/mol. The van der Waals surface area contributed by atoms with Crippen LogP contribution in [-0.4, -0.2) is 22.6 Å². The molecule has 1 aliphatic rings. The summed E-state index contributed by atoms with van der Waals surface area (Å²) in [6, 6.07) is 0. The highest BCUT2D eigenvalue weighted by Gasteiger charge is 2.33. The van der Waals surface area contributed by atoms with Crippen LogP contribution in [0.1, 0.15) is 37.0 Å². The maximum Gasteiger partial charge on any atom is 0.212 e. The van der Waals surface area contributed by atoms with Crippen LogP contribution in [0.15, 0.2) is 10.3 Å². The molecule has 1 aromatic rings. The molecule has 2 rings (SSSR count). The number of fused-ring (bicyclic) bond motifs is 1. The first-order chi connectivity index (χ1) is 7.77. The van der Waals surface area contributed by atoms with Crippen LogP contribution < -0.4 is 10.8 Å². The van der Waals surface area contributed by atoms with E-state index < -0.39 is 0 Å². The zero-order valence-corrected chi connectivity index (χ0v) is 10.2. The van der Waals surface area contributed by atoms with Crippen LogP contribution in [0.4, 0.5) is 0 Å². The molecule has 0 aliphatic heterocycles. The number of nitrogens with two attached hydrogens (primary N) is 1. The van der Waals surface area contributed by atoms with Crippen molar-refractivity contribution < 1.29 is 15.3 Å². The third-order valence-corrected chi connectivity index (χ3v) is 2.57. The van der Waals surface area contributed by atoms with E-state index in [1.54, 1.807) is 7.05 Å². The normalized spacial score (nSPS) is 18.7. The van der Waals surface area contributed by atoms with E-state index in [4.69, 9.17) is 16.8 Å². The molecule has 6 nitrogen and oxygen atoms in total. The van der Waals surface area contributed by atoms with Crippen LogP contribution >= 0.6 is 11.6 Å². The Labute approximate surface area is 98.6 Å². The van der Waals surface area contributed by atoms with E-state index in [0.29, 0.717) is 23.5 Å². The lowest BCUT2D eigenvalue weighted by Crippen LogP contribution is -2.78. The molecule has 0 amide bonds. The second-order valence-electron chi connectivity index (χ2n) is 2.94. The van der Waals surface area contributed by atoms with Crippen molar-refractivity contribution in [2.24, 2.45) is 0 Å². The van der Waals surface area contributed by atoms with Gasteiger partial charge in [0.05, 0.1) is 11.1 Å².